The van der Waals surface area contributed by atoms with Gasteiger partial charge in [-0.05, 0) is 13.3 Å². The fraction of sp³-hybridized carbons (Fsp3) is 0.750. The highest BCUT2D eigenvalue weighted by molar-refractivity contribution is 5.85. The number of rotatable bonds is 6. The van der Waals surface area contributed by atoms with E-state index in [0.717, 1.165) is 26.1 Å². The third-order valence-corrected chi connectivity index (χ3v) is 2.64. The Morgan fingerprint density at radius 3 is 3.06 bits per heavy atom. The molecule has 0 aromatic rings. The van der Waals surface area contributed by atoms with Gasteiger partial charge in [-0.25, -0.2) is 0 Å². The van der Waals surface area contributed by atoms with E-state index in [-0.39, 0.29) is 18.3 Å². The number of ether oxygens (including phenoxy) is 1. The van der Waals surface area contributed by atoms with E-state index >= 15 is 0 Å². The van der Waals surface area contributed by atoms with Gasteiger partial charge in [0.2, 0.25) is 5.91 Å². The minimum Gasteiger partial charge on any atom is -0.377 e. The van der Waals surface area contributed by atoms with E-state index in [1.165, 1.54) is 0 Å². The van der Waals surface area contributed by atoms with Crippen LogP contribution in [-0.2, 0) is 9.53 Å². The van der Waals surface area contributed by atoms with Gasteiger partial charge < -0.3 is 15.0 Å². The summed E-state index contributed by atoms with van der Waals surface area (Å²) in [6.45, 7) is 9.44. The zero-order valence-corrected chi connectivity index (χ0v) is 11.3. The smallest absolute Gasteiger partial charge is 0.222 e. The lowest BCUT2D eigenvalue weighted by atomic mass is 10.2. The Balaban J connectivity index is 0.00000256. The molecule has 1 atom stereocenters. The molecular weight excluding hydrogens is 240 g/mol. The number of carbonyl (C=O) groups excluding carboxylic acids is 1. The maximum absolute atomic E-state index is 11.8. The number of hydrogen-bond acceptors (Lipinski definition) is 3. The van der Waals surface area contributed by atoms with Crippen LogP contribution < -0.4 is 5.32 Å². The third-order valence-electron chi connectivity index (χ3n) is 2.64. The molecule has 0 aliphatic carbocycles. The van der Waals surface area contributed by atoms with Gasteiger partial charge in [-0.2, -0.15) is 0 Å². The molecule has 0 saturated carbocycles. The average Bonchev–Trinajstić information content (AvgIpc) is 2.28. The molecule has 1 N–H and O–H groups in total. The predicted octanol–water partition coefficient (Wildman–Crippen LogP) is 1.21. The zero-order valence-electron chi connectivity index (χ0n) is 10.5. The molecule has 1 unspecified atom stereocenters. The molecule has 1 amide bonds. The van der Waals surface area contributed by atoms with Gasteiger partial charge in [-0.1, -0.05) is 6.08 Å². The fourth-order valence-electron chi connectivity index (χ4n) is 1.81. The molecule has 1 aliphatic heterocycles. The van der Waals surface area contributed by atoms with Crippen molar-refractivity contribution >= 4 is 18.3 Å². The molecule has 5 heteroatoms. The van der Waals surface area contributed by atoms with Gasteiger partial charge in [0.05, 0.1) is 6.61 Å². The number of carbonyl (C=O) groups is 1. The minimum absolute atomic E-state index is 0. The van der Waals surface area contributed by atoms with Gasteiger partial charge in [-0.15, -0.1) is 19.0 Å². The molecule has 17 heavy (non-hydrogen) atoms. The standard InChI is InChI=1S/C12H22N2O2.ClH/c1-3-8-16-9-4-5-12(15)14-7-6-13-11(2)10-14;/h3,11,13H,1,4-10H2,2H3;1H. The van der Waals surface area contributed by atoms with Crippen LogP contribution in [0.2, 0.25) is 0 Å². The van der Waals surface area contributed by atoms with Crippen LogP contribution in [0.4, 0.5) is 0 Å². The van der Waals surface area contributed by atoms with Crippen molar-refractivity contribution in [2.45, 2.75) is 25.8 Å². The Bertz CT molecular complexity index is 237. The predicted molar refractivity (Wildman–Crippen MR) is 71.5 cm³/mol. The van der Waals surface area contributed by atoms with Crippen molar-refractivity contribution in [3.05, 3.63) is 12.7 Å². The first-order valence-corrected chi connectivity index (χ1v) is 5.94. The SMILES string of the molecule is C=CCOCCCC(=O)N1CCNC(C)C1.Cl. The van der Waals surface area contributed by atoms with Crippen molar-refractivity contribution in [3.63, 3.8) is 0 Å². The molecule has 0 bridgehead atoms. The molecular formula is C12H23ClN2O2. The van der Waals surface area contributed by atoms with Gasteiger partial charge in [0.25, 0.3) is 0 Å². The molecule has 0 aromatic carbocycles. The Morgan fingerprint density at radius 1 is 1.65 bits per heavy atom. The lowest BCUT2D eigenvalue weighted by Crippen LogP contribution is -2.51. The number of nitrogens with zero attached hydrogens (tertiary/aromatic N) is 1. The number of amides is 1. The van der Waals surface area contributed by atoms with Crippen LogP contribution in [0.15, 0.2) is 12.7 Å². The molecule has 4 nitrogen and oxygen atoms in total. The molecule has 1 rings (SSSR count). The van der Waals surface area contributed by atoms with Gasteiger partial charge in [-0.3, -0.25) is 4.79 Å². The topological polar surface area (TPSA) is 41.6 Å². The van der Waals surface area contributed by atoms with Crippen molar-refractivity contribution in [2.75, 3.05) is 32.8 Å². The van der Waals surface area contributed by atoms with Crippen molar-refractivity contribution < 1.29 is 9.53 Å². The monoisotopic (exact) mass is 262 g/mol. The zero-order chi connectivity index (χ0) is 11.8. The fourth-order valence-corrected chi connectivity index (χ4v) is 1.81. The second-order valence-electron chi connectivity index (χ2n) is 4.16. The average molecular weight is 263 g/mol. The first-order chi connectivity index (χ1) is 7.74. The summed E-state index contributed by atoms with van der Waals surface area (Å²) in [4.78, 5) is 13.7. The Hall–Kier alpha value is -0.580. The second-order valence-corrected chi connectivity index (χ2v) is 4.16. The quantitative estimate of drug-likeness (QED) is 0.578. The van der Waals surface area contributed by atoms with E-state index in [0.29, 0.717) is 25.7 Å². The van der Waals surface area contributed by atoms with Gasteiger partial charge >= 0.3 is 0 Å². The van der Waals surface area contributed by atoms with Crippen LogP contribution in [0.1, 0.15) is 19.8 Å². The van der Waals surface area contributed by atoms with Crippen LogP contribution in [0.3, 0.4) is 0 Å². The third kappa shape index (κ3) is 6.66. The van der Waals surface area contributed by atoms with Crippen molar-refractivity contribution in [1.29, 1.82) is 0 Å². The van der Waals surface area contributed by atoms with Gasteiger partial charge in [0.1, 0.15) is 0 Å². The minimum atomic E-state index is 0. The van der Waals surface area contributed by atoms with E-state index < -0.39 is 0 Å². The number of hydrogen-bond donors (Lipinski definition) is 1. The summed E-state index contributed by atoms with van der Waals surface area (Å²) >= 11 is 0. The van der Waals surface area contributed by atoms with Crippen molar-refractivity contribution in [3.8, 4) is 0 Å². The molecule has 0 spiro atoms. The Labute approximate surface area is 110 Å². The summed E-state index contributed by atoms with van der Waals surface area (Å²) < 4.78 is 5.24. The largest absolute Gasteiger partial charge is 0.377 e. The van der Waals surface area contributed by atoms with E-state index in [2.05, 4.69) is 18.8 Å². The van der Waals surface area contributed by atoms with E-state index in [1.54, 1.807) is 6.08 Å². The maximum Gasteiger partial charge on any atom is 0.222 e. The Morgan fingerprint density at radius 2 is 2.41 bits per heavy atom. The highest BCUT2D eigenvalue weighted by Gasteiger charge is 2.19. The molecule has 1 heterocycles. The summed E-state index contributed by atoms with van der Waals surface area (Å²) in [5.74, 6) is 0.246. The van der Waals surface area contributed by atoms with Crippen LogP contribution in [0.5, 0.6) is 0 Å². The summed E-state index contributed by atoms with van der Waals surface area (Å²) in [5, 5.41) is 3.32. The first-order valence-electron chi connectivity index (χ1n) is 5.94. The molecule has 0 radical (unpaired) electrons. The number of piperazine rings is 1. The van der Waals surface area contributed by atoms with E-state index in [1.807, 2.05) is 4.90 Å². The lowest BCUT2D eigenvalue weighted by molar-refractivity contribution is -0.132. The molecule has 1 fully saturated rings. The summed E-state index contributed by atoms with van der Waals surface area (Å²) in [6, 6.07) is 0.412. The highest BCUT2D eigenvalue weighted by atomic mass is 35.5. The summed E-state index contributed by atoms with van der Waals surface area (Å²) in [6.07, 6.45) is 3.11. The number of nitrogens with one attached hydrogen (secondary N) is 1. The van der Waals surface area contributed by atoms with Crippen LogP contribution in [0, 0.1) is 0 Å². The first kappa shape index (κ1) is 16.4. The maximum atomic E-state index is 11.8. The molecule has 1 aliphatic rings. The van der Waals surface area contributed by atoms with Crippen LogP contribution in [0.25, 0.3) is 0 Å². The second kappa shape index (κ2) is 9.45. The number of halogens is 1. The van der Waals surface area contributed by atoms with Crippen LogP contribution in [-0.4, -0.2) is 49.7 Å². The Kier molecular flexibility index (Phi) is 9.13. The van der Waals surface area contributed by atoms with Gasteiger partial charge in [0.15, 0.2) is 0 Å². The highest BCUT2D eigenvalue weighted by Crippen LogP contribution is 2.03. The van der Waals surface area contributed by atoms with Gasteiger partial charge in [0, 0.05) is 38.7 Å². The van der Waals surface area contributed by atoms with E-state index in [9.17, 15) is 4.79 Å². The van der Waals surface area contributed by atoms with Crippen molar-refractivity contribution in [2.24, 2.45) is 0 Å². The lowest BCUT2D eigenvalue weighted by Gasteiger charge is -2.32. The normalized spacial score (nSPS) is 19.6. The van der Waals surface area contributed by atoms with Crippen molar-refractivity contribution in [1.82, 2.24) is 10.2 Å². The van der Waals surface area contributed by atoms with Crippen LogP contribution >= 0.6 is 12.4 Å². The summed E-state index contributed by atoms with van der Waals surface area (Å²) in [7, 11) is 0. The van der Waals surface area contributed by atoms with E-state index in [4.69, 9.17) is 4.74 Å². The molecule has 0 aromatic heterocycles. The molecule has 100 valence electrons. The summed E-state index contributed by atoms with van der Waals surface area (Å²) in [5.41, 5.74) is 0. The molecule has 1 saturated heterocycles.